The standard InChI is InChI=1S/C50H34N2O/c1-49(2)37-26-25-33(44-30-43(31-15-5-3-6-16-31)51-48(52-44)32-17-7-4-8-18-32)29-36(37)46-41(49)27-28-42-47(46)53-45-24-14-13-23-40(45)50(42)38-21-11-9-19-34(38)35-20-10-12-22-39(35)50/h3-30H,1-2H3. The van der Waals surface area contributed by atoms with Crippen molar-refractivity contribution in [3.05, 3.63) is 203 Å². The molecule has 3 nitrogen and oxygen atoms in total. The molecule has 11 rings (SSSR count). The lowest BCUT2D eigenvalue weighted by molar-refractivity contribution is 0.437. The van der Waals surface area contributed by atoms with Gasteiger partial charge >= 0.3 is 0 Å². The third kappa shape index (κ3) is 4.11. The Bertz CT molecular complexity index is 2680. The van der Waals surface area contributed by atoms with E-state index in [0.717, 1.165) is 39.6 Å². The molecule has 0 saturated heterocycles. The van der Waals surface area contributed by atoms with Crippen LogP contribution in [0.15, 0.2) is 170 Å². The Morgan fingerprint density at radius 1 is 0.415 bits per heavy atom. The summed E-state index contributed by atoms with van der Waals surface area (Å²) in [7, 11) is 0. The molecule has 0 unspecified atom stereocenters. The molecule has 1 aliphatic heterocycles. The van der Waals surface area contributed by atoms with Crippen LogP contribution in [-0.2, 0) is 10.8 Å². The lowest BCUT2D eigenvalue weighted by Crippen LogP contribution is -2.32. The van der Waals surface area contributed by atoms with Crippen LogP contribution in [0.5, 0.6) is 11.5 Å². The topological polar surface area (TPSA) is 35.0 Å². The molecule has 2 aliphatic carbocycles. The lowest BCUT2D eigenvalue weighted by Gasteiger charge is -2.40. The summed E-state index contributed by atoms with van der Waals surface area (Å²) in [5.74, 6) is 2.55. The summed E-state index contributed by atoms with van der Waals surface area (Å²) in [5, 5.41) is 0. The number of hydrogen-bond donors (Lipinski definition) is 0. The Hall–Kier alpha value is -6.58. The van der Waals surface area contributed by atoms with Crippen molar-refractivity contribution in [2.45, 2.75) is 24.7 Å². The van der Waals surface area contributed by atoms with Crippen LogP contribution in [0.3, 0.4) is 0 Å². The summed E-state index contributed by atoms with van der Waals surface area (Å²) in [6.45, 7) is 4.67. The first-order valence-electron chi connectivity index (χ1n) is 18.3. The van der Waals surface area contributed by atoms with Crippen molar-refractivity contribution >= 4 is 0 Å². The van der Waals surface area contributed by atoms with Crippen LogP contribution in [0.1, 0.15) is 47.2 Å². The molecule has 0 amide bonds. The fourth-order valence-corrected chi connectivity index (χ4v) is 9.38. The van der Waals surface area contributed by atoms with Gasteiger partial charge in [0.05, 0.1) is 16.8 Å². The van der Waals surface area contributed by atoms with Gasteiger partial charge in [-0.2, -0.15) is 0 Å². The highest BCUT2D eigenvalue weighted by molar-refractivity contribution is 5.94. The highest BCUT2D eigenvalue weighted by Gasteiger charge is 2.52. The highest BCUT2D eigenvalue weighted by atomic mass is 16.5. The molecule has 3 heteroatoms. The van der Waals surface area contributed by atoms with Crippen LogP contribution in [0.25, 0.3) is 56.2 Å². The molecule has 0 radical (unpaired) electrons. The van der Waals surface area contributed by atoms with Gasteiger partial charge in [-0.25, -0.2) is 9.97 Å². The maximum absolute atomic E-state index is 7.16. The zero-order valence-electron chi connectivity index (χ0n) is 29.5. The van der Waals surface area contributed by atoms with E-state index in [1.807, 2.05) is 24.3 Å². The normalized spacial score (nSPS) is 14.7. The number of benzene rings is 7. The highest BCUT2D eigenvalue weighted by Crippen LogP contribution is 2.65. The van der Waals surface area contributed by atoms with Gasteiger partial charge in [0.1, 0.15) is 11.5 Å². The fourth-order valence-electron chi connectivity index (χ4n) is 9.38. The predicted octanol–water partition coefficient (Wildman–Crippen LogP) is 12.3. The van der Waals surface area contributed by atoms with Gasteiger partial charge in [0, 0.05) is 38.8 Å². The molecular weight excluding hydrogens is 645 g/mol. The van der Waals surface area contributed by atoms with Crippen molar-refractivity contribution in [1.29, 1.82) is 0 Å². The Morgan fingerprint density at radius 2 is 0.962 bits per heavy atom. The minimum absolute atomic E-state index is 0.229. The number of para-hydroxylation sites is 1. The molecule has 0 N–H and O–H groups in total. The molecule has 7 aromatic carbocycles. The van der Waals surface area contributed by atoms with Gasteiger partial charge < -0.3 is 4.74 Å². The molecular formula is C50H34N2O. The molecule has 0 atom stereocenters. The van der Waals surface area contributed by atoms with E-state index in [1.54, 1.807) is 0 Å². The van der Waals surface area contributed by atoms with Crippen molar-refractivity contribution < 1.29 is 4.74 Å². The molecule has 0 fully saturated rings. The van der Waals surface area contributed by atoms with Crippen molar-refractivity contribution in [3.63, 3.8) is 0 Å². The number of aromatic nitrogens is 2. The van der Waals surface area contributed by atoms with Gasteiger partial charge in [-0.3, -0.25) is 0 Å². The van der Waals surface area contributed by atoms with Crippen LogP contribution in [0, 0.1) is 0 Å². The lowest BCUT2D eigenvalue weighted by atomic mass is 9.65. The Balaban J connectivity index is 1.17. The maximum atomic E-state index is 7.16. The van der Waals surface area contributed by atoms with Crippen molar-refractivity contribution in [1.82, 2.24) is 9.97 Å². The first kappa shape index (κ1) is 30.1. The molecule has 0 bridgehead atoms. The molecule has 53 heavy (non-hydrogen) atoms. The molecule has 0 saturated carbocycles. The first-order valence-corrected chi connectivity index (χ1v) is 18.3. The smallest absolute Gasteiger partial charge is 0.160 e. The maximum Gasteiger partial charge on any atom is 0.160 e. The second kappa shape index (κ2) is 11.0. The number of nitrogens with zero attached hydrogens (tertiary/aromatic N) is 2. The largest absolute Gasteiger partial charge is 0.456 e. The third-order valence-electron chi connectivity index (χ3n) is 11.8. The summed E-state index contributed by atoms with van der Waals surface area (Å²) in [4.78, 5) is 10.3. The van der Waals surface area contributed by atoms with E-state index in [-0.39, 0.29) is 5.41 Å². The Labute approximate surface area is 309 Å². The molecule has 3 aliphatic rings. The SMILES string of the molecule is CC1(C)c2ccc(-c3cc(-c4ccccc4)nc(-c4ccccc4)n3)cc2-c2c1ccc1c2Oc2ccccc2C12c1ccccc1-c1ccccc12. The van der Waals surface area contributed by atoms with Gasteiger partial charge in [0.2, 0.25) is 0 Å². The van der Waals surface area contributed by atoms with Gasteiger partial charge in [-0.15, -0.1) is 0 Å². The minimum Gasteiger partial charge on any atom is -0.456 e. The van der Waals surface area contributed by atoms with E-state index in [9.17, 15) is 0 Å². The van der Waals surface area contributed by atoms with Crippen LogP contribution in [-0.4, -0.2) is 9.97 Å². The average molecular weight is 679 g/mol. The zero-order valence-corrected chi connectivity index (χ0v) is 29.5. The van der Waals surface area contributed by atoms with Crippen LogP contribution in [0.4, 0.5) is 0 Å². The van der Waals surface area contributed by atoms with Crippen molar-refractivity contribution in [2.75, 3.05) is 0 Å². The Kier molecular flexibility index (Phi) is 6.22. The molecule has 1 spiro atoms. The third-order valence-corrected chi connectivity index (χ3v) is 11.8. The zero-order chi connectivity index (χ0) is 35.3. The van der Waals surface area contributed by atoms with E-state index in [0.29, 0.717) is 5.82 Å². The van der Waals surface area contributed by atoms with Gasteiger partial charge in [-0.05, 0) is 57.1 Å². The average Bonchev–Trinajstić information content (AvgIpc) is 3.64. The molecule has 250 valence electrons. The van der Waals surface area contributed by atoms with Crippen LogP contribution in [0.2, 0.25) is 0 Å². The summed E-state index contributed by atoms with van der Waals surface area (Å²) < 4.78 is 7.16. The summed E-state index contributed by atoms with van der Waals surface area (Å²) in [6, 6.07) is 60.8. The van der Waals surface area contributed by atoms with Crippen molar-refractivity contribution in [2.24, 2.45) is 0 Å². The number of fused-ring (bicyclic) bond motifs is 13. The van der Waals surface area contributed by atoms with Gasteiger partial charge in [0.25, 0.3) is 0 Å². The van der Waals surface area contributed by atoms with E-state index in [2.05, 4.69) is 159 Å². The fraction of sp³-hybridized carbons (Fsp3) is 0.0800. The Morgan fingerprint density at radius 3 is 1.66 bits per heavy atom. The first-order chi connectivity index (χ1) is 26.0. The van der Waals surface area contributed by atoms with E-state index >= 15 is 0 Å². The van der Waals surface area contributed by atoms with Crippen LogP contribution < -0.4 is 4.74 Å². The monoisotopic (exact) mass is 678 g/mol. The predicted molar refractivity (Wildman–Crippen MR) is 213 cm³/mol. The second-order valence-electron chi connectivity index (χ2n) is 14.9. The minimum atomic E-state index is -0.515. The van der Waals surface area contributed by atoms with E-state index < -0.39 is 5.41 Å². The second-order valence-corrected chi connectivity index (χ2v) is 14.9. The summed E-state index contributed by atoms with van der Waals surface area (Å²) in [5.41, 5.74) is 16.6. The number of hydrogen-bond acceptors (Lipinski definition) is 3. The number of ether oxygens (including phenoxy) is 1. The molecule has 1 aromatic heterocycles. The van der Waals surface area contributed by atoms with Crippen LogP contribution >= 0.6 is 0 Å². The van der Waals surface area contributed by atoms with Crippen molar-refractivity contribution in [3.8, 4) is 67.7 Å². The van der Waals surface area contributed by atoms with Gasteiger partial charge in [0.15, 0.2) is 5.82 Å². The molecule has 8 aromatic rings. The number of rotatable bonds is 3. The quantitative estimate of drug-likeness (QED) is 0.187. The van der Waals surface area contributed by atoms with Gasteiger partial charge in [-0.1, -0.05) is 166 Å². The van der Waals surface area contributed by atoms with E-state index in [4.69, 9.17) is 14.7 Å². The summed E-state index contributed by atoms with van der Waals surface area (Å²) >= 11 is 0. The molecule has 2 heterocycles. The van der Waals surface area contributed by atoms with E-state index in [1.165, 1.54) is 55.6 Å². The summed E-state index contributed by atoms with van der Waals surface area (Å²) in [6.07, 6.45) is 0.